The second kappa shape index (κ2) is 6.52. The zero-order valence-corrected chi connectivity index (χ0v) is 11.8. The van der Waals surface area contributed by atoms with Crippen molar-refractivity contribution in [3.05, 3.63) is 58.3 Å². The van der Waals surface area contributed by atoms with Crippen LogP contribution in [0, 0.1) is 0 Å². The largest absolute Gasteiger partial charge is 0.487 e. The quantitative estimate of drug-likeness (QED) is 0.921. The van der Waals surface area contributed by atoms with Crippen molar-refractivity contribution >= 4 is 15.9 Å². The maximum Gasteiger partial charge on any atom is 0.138 e. The van der Waals surface area contributed by atoms with E-state index < -0.39 is 0 Å². The Labute approximate surface area is 115 Å². The molecule has 1 aromatic heterocycles. The fourth-order valence-electron chi connectivity index (χ4n) is 1.58. The molecule has 0 aliphatic carbocycles. The molecule has 0 saturated carbocycles. The van der Waals surface area contributed by atoms with E-state index in [4.69, 9.17) is 4.74 Å². The molecule has 0 bridgehead atoms. The van der Waals surface area contributed by atoms with Gasteiger partial charge in [0.25, 0.3) is 0 Å². The Balaban J connectivity index is 1.93. The highest BCUT2D eigenvalue weighted by atomic mass is 79.9. The molecule has 1 heterocycles. The van der Waals surface area contributed by atoms with Crippen LogP contribution in [0.25, 0.3) is 0 Å². The fraction of sp³-hybridized carbons (Fsp3) is 0.214. The molecule has 1 aromatic carbocycles. The minimum absolute atomic E-state index is 0.548. The van der Waals surface area contributed by atoms with Crippen LogP contribution in [0.3, 0.4) is 0 Å². The first kappa shape index (κ1) is 13.1. The summed E-state index contributed by atoms with van der Waals surface area (Å²) < 4.78 is 6.74. The minimum atomic E-state index is 0.548. The molecule has 2 aromatic rings. The number of pyridine rings is 1. The molecule has 0 saturated heterocycles. The van der Waals surface area contributed by atoms with Crippen LogP contribution in [0.15, 0.2) is 47.1 Å². The van der Waals surface area contributed by atoms with Gasteiger partial charge in [-0.15, -0.1) is 0 Å². The van der Waals surface area contributed by atoms with Gasteiger partial charge in [-0.2, -0.15) is 0 Å². The van der Waals surface area contributed by atoms with Gasteiger partial charge in [0.05, 0.1) is 11.9 Å². The summed E-state index contributed by atoms with van der Waals surface area (Å²) in [6.45, 7) is 1.32. The van der Waals surface area contributed by atoms with Crippen molar-refractivity contribution in [2.75, 3.05) is 7.05 Å². The van der Waals surface area contributed by atoms with Crippen molar-refractivity contribution < 1.29 is 4.74 Å². The molecule has 0 amide bonds. The number of nitrogens with one attached hydrogen (secondary N) is 1. The highest BCUT2D eigenvalue weighted by molar-refractivity contribution is 9.10. The van der Waals surface area contributed by atoms with Crippen molar-refractivity contribution in [1.82, 2.24) is 10.3 Å². The lowest BCUT2D eigenvalue weighted by atomic mass is 10.2. The van der Waals surface area contributed by atoms with Gasteiger partial charge in [-0.3, -0.25) is 4.98 Å². The number of ether oxygens (including phenoxy) is 1. The van der Waals surface area contributed by atoms with E-state index in [1.807, 2.05) is 43.4 Å². The predicted octanol–water partition coefficient (Wildman–Crippen LogP) is 3.14. The van der Waals surface area contributed by atoms with Crippen LogP contribution in [0.1, 0.15) is 11.3 Å². The van der Waals surface area contributed by atoms with Crippen molar-refractivity contribution in [2.45, 2.75) is 13.2 Å². The van der Waals surface area contributed by atoms with Crippen molar-refractivity contribution in [3.63, 3.8) is 0 Å². The fourth-order valence-corrected chi connectivity index (χ4v) is 2.02. The van der Waals surface area contributed by atoms with E-state index in [0.29, 0.717) is 6.61 Å². The van der Waals surface area contributed by atoms with E-state index in [9.17, 15) is 0 Å². The van der Waals surface area contributed by atoms with Gasteiger partial charge < -0.3 is 10.1 Å². The van der Waals surface area contributed by atoms with Gasteiger partial charge in [0.15, 0.2) is 0 Å². The average Bonchev–Trinajstić information content (AvgIpc) is 2.38. The maximum absolute atomic E-state index is 5.68. The number of hydrogen-bond acceptors (Lipinski definition) is 3. The summed E-state index contributed by atoms with van der Waals surface area (Å²) in [5.41, 5.74) is 2.14. The lowest BCUT2D eigenvalue weighted by Crippen LogP contribution is -2.06. The SMILES string of the molecule is CNCc1ccc(OCc2cccc(Br)c2)cn1. The van der Waals surface area contributed by atoms with Gasteiger partial charge in [0.2, 0.25) is 0 Å². The number of nitrogens with zero attached hydrogens (tertiary/aromatic N) is 1. The van der Waals surface area contributed by atoms with E-state index in [1.54, 1.807) is 6.20 Å². The van der Waals surface area contributed by atoms with Crippen LogP contribution in [-0.4, -0.2) is 12.0 Å². The lowest BCUT2D eigenvalue weighted by Gasteiger charge is -2.07. The number of aromatic nitrogens is 1. The molecule has 0 radical (unpaired) electrons. The molecule has 0 aliphatic rings. The molecule has 18 heavy (non-hydrogen) atoms. The summed E-state index contributed by atoms with van der Waals surface area (Å²) >= 11 is 3.44. The first-order valence-electron chi connectivity index (χ1n) is 5.74. The van der Waals surface area contributed by atoms with E-state index in [-0.39, 0.29) is 0 Å². The van der Waals surface area contributed by atoms with Gasteiger partial charge in [-0.05, 0) is 36.9 Å². The molecular weight excluding hydrogens is 292 g/mol. The van der Waals surface area contributed by atoms with Crippen LogP contribution in [0.4, 0.5) is 0 Å². The summed E-state index contributed by atoms with van der Waals surface area (Å²) in [4.78, 5) is 4.30. The molecule has 3 nitrogen and oxygen atoms in total. The average molecular weight is 307 g/mol. The monoisotopic (exact) mass is 306 g/mol. The van der Waals surface area contributed by atoms with Gasteiger partial charge in [0.1, 0.15) is 12.4 Å². The molecule has 0 atom stereocenters. The Morgan fingerprint density at radius 3 is 2.83 bits per heavy atom. The Bertz CT molecular complexity index is 499. The van der Waals surface area contributed by atoms with Crippen LogP contribution < -0.4 is 10.1 Å². The van der Waals surface area contributed by atoms with Crippen LogP contribution in [-0.2, 0) is 13.2 Å². The third-order valence-electron chi connectivity index (χ3n) is 2.45. The normalized spacial score (nSPS) is 10.3. The van der Waals surface area contributed by atoms with Crippen LogP contribution in [0.5, 0.6) is 5.75 Å². The van der Waals surface area contributed by atoms with E-state index in [0.717, 1.165) is 28.0 Å². The summed E-state index contributed by atoms with van der Waals surface area (Å²) in [6, 6.07) is 12.0. The van der Waals surface area contributed by atoms with Gasteiger partial charge >= 0.3 is 0 Å². The molecule has 0 fully saturated rings. The molecule has 1 N–H and O–H groups in total. The lowest BCUT2D eigenvalue weighted by molar-refractivity contribution is 0.304. The molecule has 4 heteroatoms. The number of benzene rings is 1. The van der Waals surface area contributed by atoms with Gasteiger partial charge in [-0.1, -0.05) is 28.1 Å². The van der Waals surface area contributed by atoms with E-state index in [1.165, 1.54) is 0 Å². The summed E-state index contributed by atoms with van der Waals surface area (Å²) in [6.07, 6.45) is 1.75. The first-order valence-corrected chi connectivity index (χ1v) is 6.54. The van der Waals surface area contributed by atoms with Gasteiger partial charge in [0, 0.05) is 11.0 Å². The zero-order chi connectivity index (χ0) is 12.8. The first-order chi connectivity index (χ1) is 8.78. The summed E-state index contributed by atoms with van der Waals surface area (Å²) in [5.74, 6) is 0.787. The molecule has 94 valence electrons. The summed E-state index contributed by atoms with van der Waals surface area (Å²) in [5, 5.41) is 3.06. The van der Waals surface area contributed by atoms with Gasteiger partial charge in [-0.25, -0.2) is 0 Å². The Morgan fingerprint density at radius 1 is 1.28 bits per heavy atom. The van der Waals surface area contributed by atoms with Crippen molar-refractivity contribution in [1.29, 1.82) is 0 Å². The Hall–Kier alpha value is -1.39. The zero-order valence-electron chi connectivity index (χ0n) is 10.2. The number of halogens is 1. The predicted molar refractivity (Wildman–Crippen MR) is 75.5 cm³/mol. The third-order valence-corrected chi connectivity index (χ3v) is 2.94. The molecule has 0 aliphatic heterocycles. The molecule has 0 spiro atoms. The second-order valence-corrected chi connectivity index (χ2v) is 4.85. The van der Waals surface area contributed by atoms with Crippen LogP contribution in [0.2, 0.25) is 0 Å². The molecule has 0 unspecified atom stereocenters. The number of rotatable bonds is 5. The maximum atomic E-state index is 5.68. The smallest absolute Gasteiger partial charge is 0.138 e. The standard InChI is InChI=1S/C14H15BrN2O/c1-16-8-13-5-6-14(9-17-13)18-10-11-3-2-4-12(15)7-11/h2-7,9,16H,8,10H2,1H3. The van der Waals surface area contributed by atoms with Crippen molar-refractivity contribution in [3.8, 4) is 5.75 Å². The Kier molecular flexibility index (Phi) is 4.73. The topological polar surface area (TPSA) is 34.1 Å². The second-order valence-electron chi connectivity index (χ2n) is 3.93. The Morgan fingerprint density at radius 2 is 2.17 bits per heavy atom. The highest BCUT2D eigenvalue weighted by Gasteiger charge is 1.98. The van der Waals surface area contributed by atoms with Crippen LogP contribution >= 0.6 is 15.9 Å². The minimum Gasteiger partial charge on any atom is -0.487 e. The summed E-state index contributed by atoms with van der Waals surface area (Å²) in [7, 11) is 1.90. The van der Waals surface area contributed by atoms with E-state index in [2.05, 4.69) is 26.2 Å². The highest BCUT2D eigenvalue weighted by Crippen LogP contribution is 2.15. The number of hydrogen-bond donors (Lipinski definition) is 1. The van der Waals surface area contributed by atoms with Crippen molar-refractivity contribution in [2.24, 2.45) is 0 Å². The molecule has 2 rings (SSSR count). The molecular formula is C14H15BrN2O. The van der Waals surface area contributed by atoms with E-state index >= 15 is 0 Å². The third kappa shape index (κ3) is 3.82.